The second-order valence-electron chi connectivity index (χ2n) is 3.87. The van der Waals surface area contributed by atoms with Gasteiger partial charge in [0, 0.05) is 18.5 Å². The second kappa shape index (κ2) is 4.92. The smallest absolute Gasteiger partial charge is 0.0595 e. The zero-order valence-corrected chi connectivity index (χ0v) is 10.5. The fourth-order valence-electron chi connectivity index (χ4n) is 1.83. The molecular weight excluding hydrogens is 252 g/mol. The van der Waals surface area contributed by atoms with Crippen molar-refractivity contribution >= 4 is 34.8 Å². The van der Waals surface area contributed by atoms with Crippen molar-refractivity contribution in [2.75, 3.05) is 13.1 Å². The number of likely N-dealkylation sites (tertiary alicyclic amines) is 1. The Hall–Kier alpha value is 0.0500. The minimum Gasteiger partial charge on any atom is -0.298 e. The Balaban J connectivity index is 2.02. The maximum Gasteiger partial charge on any atom is 0.0595 e. The first-order valence-corrected chi connectivity index (χ1v) is 6.15. The van der Waals surface area contributed by atoms with E-state index in [1.165, 1.54) is 5.56 Å². The number of alkyl halides is 1. The summed E-state index contributed by atoms with van der Waals surface area (Å²) in [7, 11) is 0. The Labute approximate surface area is 105 Å². The molecule has 0 bridgehead atoms. The molecule has 4 heteroatoms. The summed E-state index contributed by atoms with van der Waals surface area (Å²) >= 11 is 17.8. The molecule has 1 aromatic rings. The van der Waals surface area contributed by atoms with Gasteiger partial charge in [-0.25, -0.2) is 0 Å². The molecular formula is C11H12Cl3N. The van der Waals surface area contributed by atoms with Crippen LogP contribution in [0.15, 0.2) is 18.2 Å². The SMILES string of the molecule is Clc1ccc(CN2CCC(Cl)C2)cc1Cl. The maximum atomic E-state index is 6.04. The predicted octanol–water partition coefficient (Wildman–Crippen LogP) is 3.81. The molecule has 1 heterocycles. The van der Waals surface area contributed by atoms with Crippen LogP contribution in [-0.2, 0) is 6.54 Å². The van der Waals surface area contributed by atoms with E-state index in [0.29, 0.717) is 15.4 Å². The summed E-state index contributed by atoms with van der Waals surface area (Å²) in [4.78, 5) is 2.33. The minimum atomic E-state index is 0.299. The molecule has 15 heavy (non-hydrogen) atoms. The van der Waals surface area contributed by atoms with Crippen LogP contribution in [0.1, 0.15) is 12.0 Å². The summed E-state index contributed by atoms with van der Waals surface area (Å²) in [6.07, 6.45) is 1.07. The molecule has 1 nitrogen and oxygen atoms in total. The zero-order chi connectivity index (χ0) is 10.8. The molecule has 0 aliphatic carbocycles. The summed E-state index contributed by atoms with van der Waals surface area (Å²) in [5, 5.41) is 1.53. The Morgan fingerprint density at radius 3 is 2.67 bits per heavy atom. The number of hydrogen-bond donors (Lipinski definition) is 0. The van der Waals surface area contributed by atoms with E-state index >= 15 is 0 Å². The van der Waals surface area contributed by atoms with Crippen LogP contribution in [0.5, 0.6) is 0 Å². The van der Waals surface area contributed by atoms with Gasteiger partial charge in [-0.3, -0.25) is 4.90 Å². The van der Waals surface area contributed by atoms with Crippen LogP contribution in [0, 0.1) is 0 Å². The molecule has 1 fully saturated rings. The van der Waals surface area contributed by atoms with Crippen LogP contribution in [0.3, 0.4) is 0 Å². The second-order valence-corrected chi connectivity index (χ2v) is 5.30. The van der Waals surface area contributed by atoms with Gasteiger partial charge in [-0.2, -0.15) is 0 Å². The third-order valence-electron chi connectivity index (χ3n) is 2.61. The average molecular weight is 265 g/mol. The molecule has 1 aromatic carbocycles. The highest BCUT2D eigenvalue weighted by molar-refractivity contribution is 6.42. The van der Waals surface area contributed by atoms with Gasteiger partial charge in [0.05, 0.1) is 10.0 Å². The average Bonchev–Trinajstić information content (AvgIpc) is 2.58. The van der Waals surface area contributed by atoms with E-state index in [0.717, 1.165) is 26.1 Å². The Morgan fingerprint density at radius 2 is 2.07 bits per heavy atom. The molecule has 1 atom stereocenters. The summed E-state index contributed by atoms with van der Waals surface area (Å²) in [6.45, 7) is 2.93. The van der Waals surface area contributed by atoms with E-state index in [1.807, 2.05) is 18.2 Å². The van der Waals surface area contributed by atoms with Gasteiger partial charge in [0.15, 0.2) is 0 Å². The molecule has 0 N–H and O–H groups in total. The fourth-order valence-corrected chi connectivity index (χ4v) is 2.44. The van der Waals surface area contributed by atoms with Crippen molar-refractivity contribution in [3.63, 3.8) is 0 Å². The summed E-state index contributed by atoms with van der Waals surface area (Å²) < 4.78 is 0. The van der Waals surface area contributed by atoms with E-state index in [9.17, 15) is 0 Å². The Bertz CT molecular complexity index is 354. The molecule has 0 saturated carbocycles. The third kappa shape index (κ3) is 3.01. The van der Waals surface area contributed by atoms with Crippen molar-refractivity contribution in [1.29, 1.82) is 0 Å². The molecule has 0 spiro atoms. The van der Waals surface area contributed by atoms with E-state index in [-0.39, 0.29) is 0 Å². The lowest BCUT2D eigenvalue weighted by Crippen LogP contribution is -2.20. The molecule has 0 radical (unpaired) electrons. The van der Waals surface area contributed by atoms with Crippen molar-refractivity contribution < 1.29 is 0 Å². The normalized spacial score (nSPS) is 22.2. The first-order chi connectivity index (χ1) is 7.15. The molecule has 0 amide bonds. The number of nitrogens with zero attached hydrogens (tertiary/aromatic N) is 1. The minimum absolute atomic E-state index is 0.299. The van der Waals surface area contributed by atoms with E-state index in [1.54, 1.807) is 0 Å². The van der Waals surface area contributed by atoms with Crippen molar-refractivity contribution in [3.8, 4) is 0 Å². The van der Waals surface area contributed by atoms with Gasteiger partial charge in [-0.15, -0.1) is 11.6 Å². The largest absolute Gasteiger partial charge is 0.298 e. The van der Waals surface area contributed by atoms with Gasteiger partial charge in [0.1, 0.15) is 0 Å². The maximum absolute atomic E-state index is 6.04. The third-order valence-corrected chi connectivity index (χ3v) is 3.70. The van der Waals surface area contributed by atoms with Crippen LogP contribution in [0.2, 0.25) is 10.0 Å². The highest BCUT2D eigenvalue weighted by Crippen LogP contribution is 2.24. The molecule has 1 aliphatic heterocycles. The number of hydrogen-bond acceptors (Lipinski definition) is 1. The molecule has 1 aliphatic rings. The first kappa shape index (κ1) is 11.5. The van der Waals surface area contributed by atoms with E-state index in [2.05, 4.69) is 4.90 Å². The summed E-state index contributed by atoms with van der Waals surface area (Å²) in [5.74, 6) is 0. The van der Waals surface area contributed by atoms with Crippen LogP contribution in [-0.4, -0.2) is 23.4 Å². The van der Waals surface area contributed by atoms with Crippen LogP contribution in [0.25, 0.3) is 0 Å². The number of rotatable bonds is 2. The van der Waals surface area contributed by atoms with Gasteiger partial charge < -0.3 is 0 Å². The molecule has 82 valence electrons. The lowest BCUT2D eigenvalue weighted by molar-refractivity contribution is 0.332. The standard InChI is InChI=1S/C11H12Cl3N/c12-9-3-4-15(7-9)6-8-1-2-10(13)11(14)5-8/h1-2,5,9H,3-4,6-7H2. The van der Waals surface area contributed by atoms with E-state index < -0.39 is 0 Å². The fraction of sp³-hybridized carbons (Fsp3) is 0.455. The van der Waals surface area contributed by atoms with Gasteiger partial charge in [-0.1, -0.05) is 29.3 Å². The lowest BCUT2D eigenvalue weighted by atomic mass is 10.2. The van der Waals surface area contributed by atoms with Crippen molar-refractivity contribution in [3.05, 3.63) is 33.8 Å². The Morgan fingerprint density at radius 1 is 1.27 bits per heavy atom. The summed E-state index contributed by atoms with van der Waals surface area (Å²) in [5.41, 5.74) is 1.19. The number of halogens is 3. The predicted molar refractivity (Wildman–Crippen MR) is 66.0 cm³/mol. The quantitative estimate of drug-likeness (QED) is 0.734. The number of benzene rings is 1. The van der Waals surface area contributed by atoms with Crippen LogP contribution < -0.4 is 0 Å². The van der Waals surface area contributed by atoms with Gasteiger partial charge >= 0.3 is 0 Å². The molecule has 1 unspecified atom stereocenters. The van der Waals surface area contributed by atoms with Crippen molar-refractivity contribution in [2.24, 2.45) is 0 Å². The highest BCUT2D eigenvalue weighted by atomic mass is 35.5. The van der Waals surface area contributed by atoms with Crippen LogP contribution >= 0.6 is 34.8 Å². The Kier molecular flexibility index (Phi) is 3.78. The highest BCUT2D eigenvalue weighted by Gasteiger charge is 2.20. The van der Waals surface area contributed by atoms with Gasteiger partial charge in [-0.05, 0) is 30.7 Å². The zero-order valence-electron chi connectivity index (χ0n) is 8.22. The van der Waals surface area contributed by atoms with Crippen LogP contribution in [0.4, 0.5) is 0 Å². The van der Waals surface area contributed by atoms with E-state index in [4.69, 9.17) is 34.8 Å². The molecule has 1 saturated heterocycles. The van der Waals surface area contributed by atoms with Gasteiger partial charge in [0.25, 0.3) is 0 Å². The van der Waals surface area contributed by atoms with Crippen molar-refractivity contribution in [1.82, 2.24) is 4.90 Å². The van der Waals surface area contributed by atoms with Gasteiger partial charge in [0.2, 0.25) is 0 Å². The molecule has 0 aromatic heterocycles. The lowest BCUT2D eigenvalue weighted by Gasteiger charge is -2.15. The topological polar surface area (TPSA) is 3.24 Å². The first-order valence-electron chi connectivity index (χ1n) is 4.95. The molecule has 2 rings (SSSR count). The monoisotopic (exact) mass is 263 g/mol. The van der Waals surface area contributed by atoms with Crippen molar-refractivity contribution in [2.45, 2.75) is 18.3 Å². The summed E-state index contributed by atoms with van der Waals surface area (Å²) in [6, 6.07) is 5.77.